The average molecular weight is 220 g/mol. The molecule has 0 spiro atoms. The molecule has 5 nitrogen and oxygen atoms in total. The highest BCUT2D eigenvalue weighted by Crippen LogP contribution is 2.22. The Bertz CT molecular complexity index is 461. The molecule has 0 aromatic heterocycles. The average Bonchev–Trinajstić information content (AvgIpc) is 2.16. The summed E-state index contributed by atoms with van der Waals surface area (Å²) in [5, 5.41) is 29.7. The minimum absolute atomic E-state index is 0.0149. The number of nitrogens with zero attached hydrogens (tertiary/aromatic N) is 1. The maximum atomic E-state index is 11.6. The third-order valence-corrected chi connectivity index (χ3v) is 1.93. The summed E-state index contributed by atoms with van der Waals surface area (Å²) in [7, 11) is 0. The molecule has 16 heavy (non-hydrogen) atoms. The van der Waals surface area contributed by atoms with Crippen molar-refractivity contribution < 1.29 is 15.0 Å². The summed E-state index contributed by atoms with van der Waals surface area (Å²) in [4.78, 5) is 11.6. The molecular formula is C11H12N2O3. The van der Waals surface area contributed by atoms with Crippen LogP contribution in [0.4, 0.5) is 0 Å². The van der Waals surface area contributed by atoms with Crippen molar-refractivity contribution in [2.24, 2.45) is 0 Å². The number of nitriles is 1. The lowest BCUT2D eigenvalue weighted by Gasteiger charge is -2.17. The number of rotatable bonds is 2. The summed E-state index contributed by atoms with van der Waals surface area (Å²) in [5.74, 6) is -1.02. The highest BCUT2D eigenvalue weighted by molar-refractivity contribution is 5.97. The maximum absolute atomic E-state index is 11.6. The van der Waals surface area contributed by atoms with Gasteiger partial charge in [-0.05, 0) is 26.0 Å². The van der Waals surface area contributed by atoms with Gasteiger partial charge in [-0.15, -0.1) is 0 Å². The number of aromatic hydroxyl groups is 2. The van der Waals surface area contributed by atoms with E-state index in [0.29, 0.717) is 0 Å². The molecule has 0 bridgehead atoms. The summed E-state index contributed by atoms with van der Waals surface area (Å²) >= 11 is 0. The molecule has 0 aliphatic rings. The molecule has 0 unspecified atom stereocenters. The van der Waals surface area contributed by atoms with Crippen LogP contribution in [-0.2, 0) is 0 Å². The van der Waals surface area contributed by atoms with Gasteiger partial charge >= 0.3 is 0 Å². The van der Waals surface area contributed by atoms with Crippen LogP contribution < -0.4 is 5.32 Å². The largest absolute Gasteiger partial charge is 0.508 e. The fourth-order valence-corrected chi connectivity index (χ4v) is 1.09. The number of carbonyl (C=O) groups is 1. The number of benzene rings is 1. The first-order chi connectivity index (χ1) is 7.35. The summed E-state index contributed by atoms with van der Waals surface area (Å²) in [5.41, 5.74) is -0.998. The Balaban J connectivity index is 2.95. The van der Waals surface area contributed by atoms with Gasteiger partial charge in [0.15, 0.2) is 0 Å². The zero-order valence-corrected chi connectivity index (χ0v) is 8.98. The molecule has 0 aliphatic carbocycles. The molecule has 0 aliphatic heterocycles. The van der Waals surface area contributed by atoms with E-state index in [-0.39, 0.29) is 17.1 Å². The van der Waals surface area contributed by atoms with Crippen molar-refractivity contribution in [3.8, 4) is 17.6 Å². The normalized spacial score (nSPS) is 10.6. The van der Waals surface area contributed by atoms with E-state index in [0.717, 1.165) is 6.07 Å². The first kappa shape index (κ1) is 11.9. The van der Waals surface area contributed by atoms with Crippen LogP contribution >= 0.6 is 0 Å². The minimum atomic E-state index is -1.01. The van der Waals surface area contributed by atoms with Crippen molar-refractivity contribution in [1.82, 2.24) is 5.32 Å². The van der Waals surface area contributed by atoms with Crippen molar-refractivity contribution in [3.05, 3.63) is 23.8 Å². The fourth-order valence-electron chi connectivity index (χ4n) is 1.09. The number of amides is 1. The fraction of sp³-hybridized carbons (Fsp3) is 0.273. The van der Waals surface area contributed by atoms with Gasteiger partial charge in [-0.25, -0.2) is 0 Å². The monoisotopic (exact) mass is 220 g/mol. The third kappa shape index (κ3) is 2.64. The molecular weight excluding hydrogens is 208 g/mol. The molecule has 1 amide bonds. The zero-order valence-electron chi connectivity index (χ0n) is 8.98. The van der Waals surface area contributed by atoms with Gasteiger partial charge < -0.3 is 15.5 Å². The van der Waals surface area contributed by atoms with Crippen LogP contribution in [0.5, 0.6) is 11.5 Å². The van der Waals surface area contributed by atoms with Gasteiger partial charge in [-0.3, -0.25) is 4.79 Å². The van der Waals surface area contributed by atoms with Crippen molar-refractivity contribution in [1.29, 1.82) is 5.26 Å². The van der Waals surface area contributed by atoms with Crippen LogP contribution in [0.1, 0.15) is 24.2 Å². The molecule has 0 atom stereocenters. The predicted molar refractivity (Wildman–Crippen MR) is 56.9 cm³/mol. The standard InChI is InChI=1S/C11H12N2O3/c1-11(2,6-12)13-10(16)8-4-3-7(14)5-9(8)15/h3-5,14-15H,1-2H3,(H,13,16). The Kier molecular flexibility index (Phi) is 3.04. The molecule has 5 heteroatoms. The first-order valence-electron chi connectivity index (χ1n) is 4.61. The highest BCUT2D eigenvalue weighted by Gasteiger charge is 2.21. The van der Waals surface area contributed by atoms with Gasteiger partial charge in [0.25, 0.3) is 5.91 Å². The number of hydrogen-bond acceptors (Lipinski definition) is 4. The van der Waals surface area contributed by atoms with Crippen molar-refractivity contribution in [2.45, 2.75) is 19.4 Å². The van der Waals surface area contributed by atoms with E-state index in [1.807, 2.05) is 6.07 Å². The second kappa shape index (κ2) is 4.11. The van der Waals surface area contributed by atoms with E-state index in [9.17, 15) is 9.90 Å². The Morgan fingerprint density at radius 2 is 2.06 bits per heavy atom. The van der Waals surface area contributed by atoms with Crippen LogP contribution in [0.25, 0.3) is 0 Å². The lowest BCUT2D eigenvalue weighted by Crippen LogP contribution is -2.42. The molecule has 1 aromatic carbocycles. The first-order valence-corrected chi connectivity index (χ1v) is 4.61. The Morgan fingerprint density at radius 1 is 1.44 bits per heavy atom. The number of phenolic OH excluding ortho intramolecular Hbond substituents is 2. The van der Waals surface area contributed by atoms with Gasteiger partial charge in [0.1, 0.15) is 17.0 Å². The molecule has 1 rings (SSSR count). The second-order valence-electron chi connectivity index (χ2n) is 3.89. The van der Waals surface area contributed by atoms with Crippen LogP contribution in [0.2, 0.25) is 0 Å². The highest BCUT2D eigenvalue weighted by atomic mass is 16.3. The molecule has 0 saturated heterocycles. The smallest absolute Gasteiger partial charge is 0.256 e. The number of carbonyl (C=O) groups excluding carboxylic acids is 1. The summed E-state index contributed by atoms with van der Waals surface area (Å²) in [6, 6.07) is 5.54. The molecule has 0 radical (unpaired) electrons. The van der Waals surface area contributed by atoms with E-state index in [1.54, 1.807) is 13.8 Å². The van der Waals surface area contributed by atoms with Crippen molar-refractivity contribution in [2.75, 3.05) is 0 Å². The molecule has 0 heterocycles. The molecule has 1 aromatic rings. The van der Waals surface area contributed by atoms with E-state index in [4.69, 9.17) is 10.4 Å². The van der Waals surface area contributed by atoms with Crippen molar-refractivity contribution in [3.63, 3.8) is 0 Å². The number of hydrogen-bond donors (Lipinski definition) is 3. The van der Waals surface area contributed by atoms with Crippen LogP contribution in [-0.4, -0.2) is 21.7 Å². The third-order valence-electron chi connectivity index (χ3n) is 1.93. The second-order valence-corrected chi connectivity index (χ2v) is 3.89. The van der Waals surface area contributed by atoms with E-state index >= 15 is 0 Å². The molecule has 0 saturated carbocycles. The lowest BCUT2D eigenvalue weighted by molar-refractivity contribution is 0.0926. The van der Waals surface area contributed by atoms with Crippen LogP contribution in [0, 0.1) is 11.3 Å². The van der Waals surface area contributed by atoms with E-state index < -0.39 is 11.4 Å². The van der Waals surface area contributed by atoms with E-state index in [2.05, 4.69) is 5.32 Å². The zero-order chi connectivity index (χ0) is 12.3. The molecule has 84 valence electrons. The van der Waals surface area contributed by atoms with E-state index in [1.165, 1.54) is 12.1 Å². The molecule has 3 N–H and O–H groups in total. The lowest BCUT2D eigenvalue weighted by atomic mass is 10.1. The minimum Gasteiger partial charge on any atom is -0.508 e. The van der Waals surface area contributed by atoms with Gasteiger partial charge in [-0.1, -0.05) is 0 Å². The summed E-state index contributed by atoms with van der Waals surface area (Å²) in [6.07, 6.45) is 0. The Morgan fingerprint density at radius 3 is 2.56 bits per heavy atom. The SMILES string of the molecule is CC(C)(C#N)NC(=O)c1ccc(O)cc1O. The van der Waals surface area contributed by atoms with Crippen LogP contribution in [0.3, 0.4) is 0 Å². The number of nitrogens with one attached hydrogen (secondary N) is 1. The Labute approximate surface area is 92.9 Å². The predicted octanol–water partition coefficient (Wildman–Crippen LogP) is 1.13. The van der Waals surface area contributed by atoms with Gasteiger partial charge in [0.2, 0.25) is 0 Å². The van der Waals surface area contributed by atoms with Gasteiger partial charge in [-0.2, -0.15) is 5.26 Å². The quantitative estimate of drug-likeness (QED) is 0.696. The van der Waals surface area contributed by atoms with Crippen LogP contribution in [0.15, 0.2) is 18.2 Å². The number of phenols is 2. The maximum Gasteiger partial charge on any atom is 0.256 e. The Hall–Kier alpha value is -2.22. The van der Waals surface area contributed by atoms with Crippen molar-refractivity contribution >= 4 is 5.91 Å². The topological polar surface area (TPSA) is 93.4 Å². The van der Waals surface area contributed by atoms with Gasteiger partial charge in [0, 0.05) is 6.07 Å². The molecule has 0 fully saturated rings. The van der Waals surface area contributed by atoms with Gasteiger partial charge in [0.05, 0.1) is 11.6 Å². The summed E-state index contributed by atoms with van der Waals surface area (Å²) in [6.45, 7) is 3.09. The summed E-state index contributed by atoms with van der Waals surface area (Å²) < 4.78 is 0.